The van der Waals surface area contributed by atoms with E-state index in [4.69, 9.17) is 11.6 Å². The van der Waals surface area contributed by atoms with E-state index in [2.05, 4.69) is 20.9 Å². The average molecular weight is 362 g/mol. The quantitative estimate of drug-likeness (QED) is 0.625. The highest BCUT2D eigenvalue weighted by molar-refractivity contribution is 6.33. The molecular formula is C16H13ClFN5O2. The van der Waals surface area contributed by atoms with Gasteiger partial charge in [-0.05, 0) is 43.3 Å². The zero-order valence-corrected chi connectivity index (χ0v) is 13.8. The normalized spacial score (nSPS) is 10.5. The van der Waals surface area contributed by atoms with Gasteiger partial charge in [0.2, 0.25) is 0 Å². The lowest BCUT2D eigenvalue weighted by Crippen LogP contribution is -2.42. The van der Waals surface area contributed by atoms with Crippen molar-refractivity contribution in [3.8, 4) is 5.69 Å². The average Bonchev–Trinajstić information content (AvgIpc) is 3.22. The van der Waals surface area contributed by atoms with Crippen molar-refractivity contribution in [3.05, 3.63) is 70.5 Å². The lowest BCUT2D eigenvalue weighted by molar-refractivity contribution is 0.0844. The minimum atomic E-state index is -0.615. The molecule has 128 valence electrons. The zero-order chi connectivity index (χ0) is 18.0. The highest BCUT2D eigenvalue weighted by Crippen LogP contribution is 2.23. The van der Waals surface area contributed by atoms with Gasteiger partial charge in [0.1, 0.15) is 22.2 Å². The maximum absolute atomic E-state index is 13.0. The van der Waals surface area contributed by atoms with E-state index in [1.54, 1.807) is 25.3 Å². The Hall–Kier alpha value is -3.13. The summed E-state index contributed by atoms with van der Waals surface area (Å²) in [5.74, 6) is -1.51. The van der Waals surface area contributed by atoms with Gasteiger partial charge in [0.05, 0.1) is 11.4 Å². The van der Waals surface area contributed by atoms with E-state index in [-0.39, 0.29) is 10.7 Å². The van der Waals surface area contributed by atoms with Gasteiger partial charge >= 0.3 is 0 Å². The van der Waals surface area contributed by atoms with Crippen molar-refractivity contribution in [2.75, 3.05) is 0 Å². The van der Waals surface area contributed by atoms with Crippen LogP contribution in [0.15, 0.2) is 42.6 Å². The second kappa shape index (κ2) is 6.78. The summed E-state index contributed by atoms with van der Waals surface area (Å²) in [7, 11) is 0. The van der Waals surface area contributed by atoms with Crippen LogP contribution in [0.5, 0.6) is 0 Å². The number of H-pyrrole nitrogens is 1. The van der Waals surface area contributed by atoms with Crippen molar-refractivity contribution < 1.29 is 14.0 Å². The molecule has 2 amide bonds. The van der Waals surface area contributed by atoms with Gasteiger partial charge in [0.15, 0.2) is 0 Å². The maximum atomic E-state index is 13.0. The number of halogens is 2. The van der Waals surface area contributed by atoms with Crippen molar-refractivity contribution in [1.29, 1.82) is 0 Å². The molecule has 0 saturated carbocycles. The van der Waals surface area contributed by atoms with Crippen molar-refractivity contribution in [2.24, 2.45) is 0 Å². The number of nitrogens with one attached hydrogen (secondary N) is 3. The Labute approximate surface area is 146 Å². The van der Waals surface area contributed by atoms with Gasteiger partial charge < -0.3 is 4.98 Å². The van der Waals surface area contributed by atoms with Crippen LogP contribution >= 0.6 is 11.6 Å². The molecule has 3 rings (SSSR count). The van der Waals surface area contributed by atoms with Gasteiger partial charge in [0, 0.05) is 6.20 Å². The number of hydrazine groups is 1. The molecule has 3 N–H and O–H groups in total. The summed E-state index contributed by atoms with van der Waals surface area (Å²) in [6.45, 7) is 1.60. The summed E-state index contributed by atoms with van der Waals surface area (Å²) < 4.78 is 14.4. The number of aromatic nitrogens is 3. The highest BCUT2D eigenvalue weighted by Gasteiger charge is 2.21. The molecule has 7 nitrogen and oxygen atoms in total. The fourth-order valence-corrected chi connectivity index (χ4v) is 2.58. The van der Waals surface area contributed by atoms with E-state index in [0.717, 1.165) is 0 Å². The van der Waals surface area contributed by atoms with Gasteiger partial charge in [-0.25, -0.2) is 9.07 Å². The van der Waals surface area contributed by atoms with Gasteiger partial charge in [-0.2, -0.15) is 5.10 Å². The van der Waals surface area contributed by atoms with Gasteiger partial charge in [0.25, 0.3) is 11.8 Å². The summed E-state index contributed by atoms with van der Waals surface area (Å²) in [5.41, 5.74) is 5.84. The number of benzene rings is 1. The van der Waals surface area contributed by atoms with Crippen molar-refractivity contribution in [1.82, 2.24) is 25.6 Å². The Morgan fingerprint density at radius 1 is 1.16 bits per heavy atom. The van der Waals surface area contributed by atoms with E-state index in [0.29, 0.717) is 17.1 Å². The van der Waals surface area contributed by atoms with Crippen LogP contribution < -0.4 is 10.9 Å². The third-order valence-corrected chi connectivity index (χ3v) is 3.78. The molecule has 0 spiro atoms. The standard InChI is InChI=1S/C16H13ClFN5O2/c1-9-13(16(25)21-20-15(24)12-3-2-8-19-12)14(17)23(22-9)11-6-4-10(18)5-7-11/h2-8,19H,1H3,(H,20,24)(H,21,25). The van der Waals surface area contributed by atoms with E-state index in [9.17, 15) is 14.0 Å². The molecular weight excluding hydrogens is 349 g/mol. The van der Waals surface area contributed by atoms with E-state index >= 15 is 0 Å². The Kier molecular flexibility index (Phi) is 4.53. The first kappa shape index (κ1) is 16.7. The third-order valence-electron chi connectivity index (χ3n) is 3.43. The van der Waals surface area contributed by atoms with E-state index < -0.39 is 17.6 Å². The Morgan fingerprint density at radius 3 is 2.48 bits per heavy atom. The first-order valence-electron chi connectivity index (χ1n) is 7.22. The summed E-state index contributed by atoms with van der Waals surface area (Å²) in [6, 6.07) is 8.72. The lowest BCUT2D eigenvalue weighted by Gasteiger charge is -2.06. The fraction of sp³-hybridized carbons (Fsp3) is 0.0625. The van der Waals surface area contributed by atoms with Crippen LogP contribution in [-0.4, -0.2) is 26.6 Å². The summed E-state index contributed by atoms with van der Waals surface area (Å²) in [6.07, 6.45) is 1.59. The molecule has 0 aliphatic heterocycles. The number of carbonyl (C=O) groups excluding carboxylic acids is 2. The molecule has 2 aromatic heterocycles. The molecule has 2 heterocycles. The minimum absolute atomic E-state index is 0.0516. The highest BCUT2D eigenvalue weighted by atomic mass is 35.5. The number of hydrogen-bond acceptors (Lipinski definition) is 3. The van der Waals surface area contributed by atoms with Crippen molar-refractivity contribution in [3.63, 3.8) is 0 Å². The molecule has 0 atom stereocenters. The van der Waals surface area contributed by atoms with Crippen LogP contribution in [-0.2, 0) is 0 Å². The van der Waals surface area contributed by atoms with Gasteiger partial charge in [-0.1, -0.05) is 11.6 Å². The number of hydrogen-bond donors (Lipinski definition) is 3. The van der Waals surface area contributed by atoms with Crippen LogP contribution in [0.4, 0.5) is 4.39 Å². The lowest BCUT2D eigenvalue weighted by atomic mass is 10.2. The fourth-order valence-electron chi connectivity index (χ4n) is 2.23. The summed E-state index contributed by atoms with van der Waals surface area (Å²) >= 11 is 6.24. The molecule has 0 unspecified atom stereocenters. The maximum Gasteiger partial charge on any atom is 0.286 e. The molecule has 0 radical (unpaired) electrons. The number of nitrogens with zero attached hydrogens (tertiary/aromatic N) is 2. The van der Waals surface area contributed by atoms with Crippen LogP contribution in [0.1, 0.15) is 26.5 Å². The van der Waals surface area contributed by atoms with Crippen LogP contribution in [0, 0.1) is 12.7 Å². The Morgan fingerprint density at radius 2 is 1.84 bits per heavy atom. The van der Waals surface area contributed by atoms with Crippen molar-refractivity contribution >= 4 is 23.4 Å². The molecule has 9 heteroatoms. The number of rotatable bonds is 3. The van der Waals surface area contributed by atoms with Gasteiger partial charge in [-0.3, -0.25) is 20.4 Å². The summed E-state index contributed by atoms with van der Waals surface area (Å²) in [5, 5.41) is 4.24. The predicted octanol–water partition coefficient (Wildman–Crippen LogP) is 2.38. The first-order chi connectivity index (χ1) is 12.0. The van der Waals surface area contributed by atoms with E-state index in [1.807, 2.05) is 0 Å². The SMILES string of the molecule is Cc1nn(-c2ccc(F)cc2)c(Cl)c1C(=O)NNC(=O)c1ccc[nH]1. The topological polar surface area (TPSA) is 91.8 Å². The number of carbonyl (C=O) groups is 2. The minimum Gasteiger partial charge on any atom is -0.357 e. The van der Waals surface area contributed by atoms with Gasteiger partial charge in [-0.15, -0.1) is 0 Å². The van der Waals surface area contributed by atoms with Crippen molar-refractivity contribution in [2.45, 2.75) is 6.92 Å². The third kappa shape index (κ3) is 3.38. The first-order valence-corrected chi connectivity index (χ1v) is 7.60. The molecule has 0 aliphatic carbocycles. The zero-order valence-electron chi connectivity index (χ0n) is 13.0. The summed E-state index contributed by atoms with van der Waals surface area (Å²) in [4.78, 5) is 26.9. The molecule has 1 aromatic carbocycles. The van der Waals surface area contributed by atoms with Crippen LogP contribution in [0.25, 0.3) is 5.69 Å². The second-order valence-electron chi connectivity index (χ2n) is 5.13. The van der Waals surface area contributed by atoms with Crippen LogP contribution in [0.3, 0.4) is 0 Å². The molecule has 0 saturated heterocycles. The monoisotopic (exact) mass is 361 g/mol. The molecule has 0 bridgehead atoms. The van der Waals surface area contributed by atoms with E-state index in [1.165, 1.54) is 28.9 Å². The number of aryl methyl sites for hydroxylation is 1. The largest absolute Gasteiger partial charge is 0.357 e. The smallest absolute Gasteiger partial charge is 0.286 e. The molecule has 0 fully saturated rings. The second-order valence-corrected chi connectivity index (χ2v) is 5.49. The Bertz CT molecular complexity index is 919. The molecule has 0 aliphatic rings. The molecule has 25 heavy (non-hydrogen) atoms. The number of aromatic amines is 1. The Balaban J connectivity index is 1.79. The number of amides is 2. The predicted molar refractivity (Wildman–Crippen MR) is 89.0 cm³/mol. The molecule has 3 aromatic rings. The van der Waals surface area contributed by atoms with Crippen LogP contribution in [0.2, 0.25) is 5.15 Å².